The highest BCUT2D eigenvalue weighted by atomic mass is 35.5. The largest absolute Gasteiger partial charge is 0.477 e. The molecule has 2 aromatic carbocycles. The molecule has 134 valence electrons. The van der Waals surface area contributed by atoms with E-state index in [1.165, 1.54) is 13.2 Å². The summed E-state index contributed by atoms with van der Waals surface area (Å²) >= 11 is 5.77. The number of rotatable bonds is 5. The topological polar surface area (TPSA) is 88.6 Å². The van der Waals surface area contributed by atoms with E-state index in [2.05, 4.69) is 4.98 Å². The Hall–Kier alpha value is -2.90. The highest BCUT2D eigenvalue weighted by molar-refractivity contribution is 6.31. The number of carboxylic acid groups (broad SMARTS) is 1. The summed E-state index contributed by atoms with van der Waals surface area (Å²) in [5, 5.41) is 9.22. The van der Waals surface area contributed by atoms with E-state index >= 15 is 0 Å². The zero-order chi connectivity index (χ0) is 18.8. The average Bonchev–Trinajstić information content (AvgIpc) is 2.61. The number of aromatic carboxylic acids is 1. The van der Waals surface area contributed by atoms with Gasteiger partial charge in [-0.2, -0.15) is 0 Å². The van der Waals surface area contributed by atoms with Crippen LogP contribution in [-0.4, -0.2) is 30.0 Å². The number of carboxylic acids is 1. The number of hydrogen-bond acceptors (Lipinski definition) is 4. The van der Waals surface area contributed by atoms with Crippen molar-refractivity contribution in [2.75, 3.05) is 13.9 Å². The van der Waals surface area contributed by atoms with E-state index < -0.39 is 22.8 Å². The number of aromatic amines is 1. The van der Waals surface area contributed by atoms with Gasteiger partial charge in [-0.25, -0.2) is 9.18 Å². The number of fused-ring (bicyclic) bond motifs is 1. The van der Waals surface area contributed by atoms with Crippen molar-refractivity contribution in [1.82, 2.24) is 4.98 Å². The molecule has 0 spiro atoms. The average molecular weight is 378 g/mol. The molecule has 0 aliphatic rings. The highest BCUT2D eigenvalue weighted by Gasteiger charge is 2.20. The first-order valence-corrected chi connectivity index (χ1v) is 7.80. The van der Waals surface area contributed by atoms with Crippen LogP contribution in [0.25, 0.3) is 22.2 Å². The Labute approximate surface area is 151 Å². The Balaban J connectivity index is 2.21. The lowest BCUT2D eigenvalue weighted by Crippen LogP contribution is -2.18. The van der Waals surface area contributed by atoms with Gasteiger partial charge in [-0.05, 0) is 42.0 Å². The van der Waals surface area contributed by atoms with Crippen molar-refractivity contribution in [2.24, 2.45) is 0 Å². The standard InChI is InChI=1S/C18H13ClFNO5/c1-25-8-26-10-4-2-9(3-5-10)16-15(18(23)24)17(22)11-6-13(20)12(19)7-14(11)21-16/h2-7H,8H2,1H3,(H,21,22)(H,23,24). The van der Waals surface area contributed by atoms with E-state index in [9.17, 15) is 19.1 Å². The number of methoxy groups -OCH3 is 1. The molecule has 3 rings (SSSR count). The molecular weight excluding hydrogens is 365 g/mol. The number of H-pyrrole nitrogens is 1. The minimum atomic E-state index is -1.42. The summed E-state index contributed by atoms with van der Waals surface area (Å²) in [5.41, 5.74) is -0.495. The maximum absolute atomic E-state index is 13.7. The van der Waals surface area contributed by atoms with Gasteiger partial charge in [0, 0.05) is 12.5 Å². The van der Waals surface area contributed by atoms with Crippen molar-refractivity contribution in [3.05, 3.63) is 63.0 Å². The van der Waals surface area contributed by atoms with Crippen LogP contribution in [0.1, 0.15) is 10.4 Å². The first-order chi connectivity index (χ1) is 12.4. The molecule has 0 radical (unpaired) electrons. The minimum absolute atomic E-state index is 0.0661. The summed E-state index contributed by atoms with van der Waals surface area (Å²) in [6.45, 7) is 0.0661. The lowest BCUT2D eigenvalue weighted by atomic mass is 10.0. The summed E-state index contributed by atoms with van der Waals surface area (Å²) in [4.78, 5) is 27.1. The summed E-state index contributed by atoms with van der Waals surface area (Å²) in [6.07, 6.45) is 0. The molecule has 6 nitrogen and oxygen atoms in total. The number of hydrogen-bond donors (Lipinski definition) is 2. The van der Waals surface area contributed by atoms with Crippen LogP contribution in [-0.2, 0) is 4.74 Å². The van der Waals surface area contributed by atoms with Crippen molar-refractivity contribution in [1.29, 1.82) is 0 Å². The number of halogens is 2. The Morgan fingerprint density at radius 2 is 1.96 bits per heavy atom. The first kappa shape index (κ1) is 17.9. The van der Waals surface area contributed by atoms with E-state index in [1.807, 2.05) is 0 Å². The minimum Gasteiger partial charge on any atom is -0.477 e. The second-order valence-corrected chi connectivity index (χ2v) is 5.80. The SMILES string of the molecule is COCOc1ccc(-c2[nH]c3cc(Cl)c(F)cc3c(=O)c2C(=O)O)cc1. The zero-order valence-electron chi connectivity index (χ0n) is 13.5. The van der Waals surface area contributed by atoms with Crippen molar-refractivity contribution >= 4 is 28.5 Å². The van der Waals surface area contributed by atoms with E-state index in [4.69, 9.17) is 21.1 Å². The summed E-state index contributed by atoms with van der Waals surface area (Å²) in [7, 11) is 1.49. The van der Waals surface area contributed by atoms with Gasteiger partial charge in [-0.3, -0.25) is 4.79 Å². The number of carbonyl (C=O) groups is 1. The lowest BCUT2D eigenvalue weighted by Gasteiger charge is -2.11. The quantitative estimate of drug-likeness (QED) is 0.662. The number of pyridine rings is 1. The summed E-state index contributed by atoms with van der Waals surface area (Å²) < 4.78 is 23.8. The smallest absolute Gasteiger partial charge is 0.341 e. The summed E-state index contributed by atoms with van der Waals surface area (Å²) in [6, 6.07) is 8.59. The van der Waals surface area contributed by atoms with Gasteiger partial charge in [0.1, 0.15) is 17.1 Å². The second-order valence-electron chi connectivity index (χ2n) is 5.40. The van der Waals surface area contributed by atoms with Gasteiger partial charge in [0.05, 0.1) is 16.2 Å². The molecular formula is C18H13ClFNO5. The Kier molecular flexibility index (Phi) is 4.92. The van der Waals surface area contributed by atoms with Crippen molar-refractivity contribution in [3.63, 3.8) is 0 Å². The van der Waals surface area contributed by atoms with Gasteiger partial charge in [0.15, 0.2) is 6.79 Å². The fourth-order valence-corrected chi connectivity index (χ4v) is 2.71. The van der Waals surface area contributed by atoms with Crippen LogP contribution in [0.4, 0.5) is 4.39 Å². The van der Waals surface area contributed by atoms with Crippen LogP contribution in [0.3, 0.4) is 0 Å². The number of nitrogens with one attached hydrogen (secondary N) is 1. The van der Waals surface area contributed by atoms with E-state index in [0.29, 0.717) is 11.3 Å². The van der Waals surface area contributed by atoms with Crippen LogP contribution in [0.2, 0.25) is 5.02 Å². The molecule has 1 heterocycles. The van der Waals surface area contributed by atoms with Crippen molar-refractivity contribution < 1.29 is 23.8 Å². The predicted molar refractivity (Wildman–Crippen MR) is 94.4 cm³/mol. The molecule has 8 heteroatoms. The number of ether oxygens (including phenoxy) is 2. The van der Waals surface area contributed by atoms with Gasteiger partial charge in [0.25, 0.3) is 0 Å². The molecule has 26 heavy (non-hydrogen) atoms. The molecule has 0 saturated carbocycles. The number of benzene rings is 2. The van der Waals surface area contributed by atoms with Crippen molar-refractivity contribution in [2.45, 2.75) is 0 Å². The fourth-order valence-electron chi connectivity index (χ4n) is 2.55. The molecule has 0 atom stereocenters. The lowest BCUT2D eigenvalue weighted by molar-refractivity contribution is 0.0511. The van der Waals surface area contributed by atoms with Crippen molar-refractivity contribution in [3.8, 4) is 17.0 Å². The third-order valence-corrected chi connectivity index (χ3v) is 4.03. The third-order valence-electron chi connectivity index (χ3n) is 3.74. The van der Waals surface area contributed by atoms with Crippen LogP contribution in [0.15, 0.2) is 41.2 Å². The van der Waals surface area contributed by atoms with E-state index in [-0.39, 0.29) is 28.4 Å². The normalized spacial score (nSPS) is 10.9. The molecule has 0 bridgehead atoms. The Morgan fingerprint density at radius 3 is 2.58 bits per heavy atom. The molecule has 3 aromatic rings. The predicted octanol–water partition coefficient (Wildman–Crippen LogP) is 3.67. The zero-order valence-corrected chi connectivity index (χ0v) is 14.3. The van der Waals surface area contributed by atoms with Crippen LogP contribution >= 0.6 is 11.6 Å². The highest BCUT2D eigenvalue weighted by Crippen LogP contribution is 2.27. The molecule has 0 aliphatic heterocycles. The summed E-state index contributed by atoms with van der Waals surface area (Å²) in [5.74, 6) is -1.70. The molecule has 2 N–H and O–H groups in total. The molecule has 0 fully saturated rings. The molecule has 0 amide bonds. The Morgan fingerprint density at radius 1 is 1.27 bits per heavy atom. The third kappa shape index (κ3) is 3.26. The monoisotopic (exact) mass is 377 g/mol. The number of aromatic nitrogens is 1. The first-order valence-electron chi connectivity index (χ1n) is 7.43. The van der Waals surface area contributed by atoms with Gasteiger partial charge >= 0.3 is 5.97 Å². The fraction of sp³-hybridized carbons (Fsp3) is 0.111. The second kappa shape index (κ2) is 7.15. The van der Waals surface area contributed by atoms with E-state index in [1.54, 1.807) is 24.3 Å². The van der Waals surface area contributed by atoms with Crippen LogP contribution in [0.5, 0.6) is 5.75 Å². The van der Waals surface area contributed by atoms with Gasteiger partial charge in [0.2, 0.25) is 5.43 Å². The van der Waals surface area contributed by atoms with Crippen LogP contribution < -0.4 is 10.2 Å². The molecule has 0 unspecified atom stereocenters. The molecule has 1 aromatic heterocycles. The Bertz CT molecular complexity index is 1050. The van der Waals surface area contributed by atoms with Gasteiger partial charge in [-0.15, -0.1) is 0 Å². The van der Waals surface area contributed by atoms with Gasteiger partial charge < -0.3 is 19.6 Å². The molecule has 0 saturated heterocycles. The van der Waals surface area contributed by atoms with Gasteiger partial charge in [-0.1, -0.05) is 11.6 Å². The maximum Gasteiger partial charge on any atom is 0.341 e. The molecule has 0 aliphatic carbocycles. The van der Waals surface area contributed by atoms with Crippen LogP contribution in [0, 0.1) is 5.82 Å². The van der Waals surface area contributed by atoms with E-state index in [0.717, 1.165) is 6.07 Å². The maximum atomic E-state index is 13.7.